The highest BCUT2D eigenvalue weighted by molar-refractivity contribution is 6.12. The van der Waals surface area contributed by atoms with Crippen LogP contribution in [0.3, 0.4) is 0 Å². The topological polar surface area (TPSA) is 35.6 Å². The summed E-state index contributed by atoms with van der Waals surface area (Å²) in [5.41, 5.74) is 19.0. The minimum Gasteiger partial charge on any atom is -0.309 e. The molecule has 13 rings (SSSR count). The Morgan fingerprint density at radius 2 is 0.588 bits per heavy atom. The molecule has 0 atom stereocenters. The third kappa shape index (κ3) is 6.86. The predicted molar refractivity (Wildman–Crippen MR) is 283 cm³/mol. The van der Waals surface area contributed by atoms with Crippen LogP contribution in [-0.4, -0.2) is 19.1 Å². The van der Waals surface area contributed by atoms with Crippen LogP contribution in [0.5, 0.6) is 0 Å². The van der Waals surface area contributed by atoms with E-state index in [9.17, 15) is 0 Å². The molecule has 3 aromatic heterocycles. The van der Waals surface area contributed by atoms with Gasteiger partial charge in [-0.1, -0.05) is 182 Å². The lowest BCUT2D eigenvalue weighted by atomic mass is 10.00. The van der Waals surface area contributed by atoms with Crippen LogP contribution < -0.4 is 0 Å². The van der Waals surface area contributed by atoms with Gasteiger partial charge in [0.15, 0.2) is 5.82 Å². The van der Waals surface area contributed by atoms with Crippen molar-refractivity contribution in [1.82, 2.24) is 19.1 Å². The Labute approximate surface area is 394 Å². The lowest BCUT2D eigenvalue weighted by molar-refractivity contribution is 1.16. The van der Waals surface area contributed by atoms with Crippen molar-refractivity contribution in [3.05, 3.63) is 255 Å². The number of benzene rings is 10. The molecule has 4 nitrogen and oxygen atoms in total. The number of fused-ring (bicyclic) bond motifs is 6. The molecule has 0 radical (unpaired) electrons. The second-order valence-electron chi connectivity index (χ2n) is 17.4. The average molecular weight is 867 g/mol. The van der Waals surface area contributed by atoms with E-state index in [0.717, 1.165) is 50.5 Å². The minimum atomic E-state index is 0.696. The number of rotatable bonds is 8. The summed E-state index contributed by atoms with van der Waals surface area (Å²) in [6.07, 6.45) is 0. The molecule has 4 heteroatoms. The van der Waals surface area contributed by atoms with E-state index in [2.05, 4.69) is 252 Å². The van der Waals surface area contributed by atoms with Gasteiger partial charge in [-0.15, -0.1) is 0 Å². The fraction of sp³-hybridized carbons (Fsp3) is 0. The van der Waals surface area contributed by atoms with Crippen molar-refractivity contribution in [2.24, 2.45) is 0 Å². The molecule has 0 fully saturated rings. The van der Waals surface area contributed by atoms with Crippen molar-refractivity contribution < 1.29 is 0 Å². The summed E-state index contributed by atoms with van der Waals surface area (Å²) in [5, 5.41) is 4.90. The van der Waals surface area contributed by atoms with Crippen LogP contribution in [0.25, 0.3) is 122 Å². The summed E-state index contributed by atoms with van der Waals surface area (Å²) in [6, 6.07) is 91.1. The van der Waals surface area contributed by atoms with Gasteiger partial charge in [0.05, 0.1) is 33.5 Å². The van der Waals surface area contributed by atoms with Gasteiger partial charge in [0.25, 0.3) is 0 Å². The van der Waals surface area contributed by atoms with E-state index in [1.54, 1.807) is 0 Å². The predicted octanol–water partition coefficient (Wildman–Crippen LogP) is 16.7. The summed E-state index contributed by atoms with van der Waals surface area (Å²) < 4.78 is 4.78. The van der Waals surface area contributed by atoms with E-state index in [1.165, 1.54) is 66.0 Å². The van der Waals surface area contributed by atoms with Crippen LogP contribution in [0.2, 0.25) is 0 Å². The normalized spacial score (nSPS) is 11.5. The first-order valence-corrected chi connectivity index (χ1v) is 23.1. The van der Waals surface area contributed by atoms with E-state index in [0.29, 0.717) is 5.82 Å². The maximum Gasteiger partial charge on any atom is 0.160 e. The molecule has 0 aliphatic rings. The highest BCUT2D eigenvalue weighted by atomic mass is 15.0. The fourth-order valence-electron chi connectivity index (χ4n) is 10.00. The van der Waals surface area contributed by atoms with Crippen LogP contribution in [0.1, 0.15) is 0 Å². The average Bonchev–Trinajstić information content (AvgIpc) is 3.94. The Morgan fingerprint density at radius 1 is 0.221 bits per heavy atom. The van der Waals surface area contributed by atoms with Gasteiger partial charge in [-0.25, -0.2) is 9.97 Å². The zero-order valence-electron chi connectivity index (χ0n) is 37.0. The van der Waals surface area contributed by atoms with Crippen molar-refractivity contribution in [2.45, 2.75) is 0 Å². The monoisotopic (exact) mass is 866 g/mol. The van der Waals surface area contributed by atoms with E-state index < -0.39 is 0 Å². The van der Waals surface area contributed by atoms with Crippen LogP contribution in [0.15, 0.2) is 255 Å². The van der Waals surface area contributed by atoms with Crippen molar-refractivity contribution in [3.63, 3.8) is 0 Å². The fourth-order valence-corrected chi connectivity index (χ4v) is 10.00. The summed E-state index contributed by atoms with van der Waals surface area (Å²) in [7, 11) is 0. The Hall–Kier alpha value is -9.12. The number of aromatic nitrogens is 4. The van der Waals surface area contributed by atoms with Gasteiger partial charge < -0.3 is 9.13 Å². The first kappa shape index (κ1) is 39.3. The summed E-state index contributed by atoms with van der Waals surface area (Å²) in [6.45, 7) is 0. The smallest absolute Gasteiger partial charge is 0.160 e. The third-order valence-electron chi connectivity index (χ3n) is 13.4. The standard InChI is InChI=1S/C64H42N4/c1-4-14-43(15-5-1)44-24-26-45(27-25-44)46-28-34-53(35-29-46)68-60-22-12-10-20-54(60)56-38-32-51(41-63(56)68)50-33-39-62-57(40-50)55-21-11-13-23-61(55)67(62)52-36-30-49(31-37-52)64-65-58(47-16-6-2-7-17-47)42-59(66-64)48-18-8-3-9-19-48/h1-42H. The second kappa shape index (κ2) is 16.4. The maximum absolute atomic E-state index is 5.09. The second-order valence-corrected chi connectivity index (χ2v) is 17.4. The molecule has 0 amide bonds. The third-order valence-corrected chi connectivity index (χ3v) is 13.4. The molecule has 318 valence electrons. The van der Waals surface area contributed by atoms with Gasteiger partial charge in [0.2, 0.25) is 0 Å². The van der Waals surface area contributed by atoms with Crippen LogP contribution in [0, 0.1) is 0 Å². The molecule has 0 saturated heterocycles. The van der Waals surface area contributed by atoms with Gasteiger partial charge in [-0.3, -0.25) is 0 Å². The molecule has 10 aromatic carbocycles. The Morgan fingerprint density at radius 3 is 1.15 bits per heavy atom. The highest BCUT2D eigenvalue weighted by Gasteiger charge is 2.18. The molecule has 0 bridgehead atoms. The molecule has 68 heavy (non-hydrogen) atoms. The molecule has 3 heterocycles. The van der Waals surface area contributed by atoms with Gasteiger partial charge in [0.1, 0.15) is 0 Å². The van der Waals surface area contributed by atoms with Crippen LogP contribution >= 0.6 is 0 Å². The van der Waals surface area contributed by atoms with Crippen molar-refractivity contribution >= 4 is 43.6 Å². The quantitative estimate of drug-likeness (QED) is 0.153. The Bertz CT molecular complexity index is 3910. The Kier molecular flexibility index (Phi) is 9.47. The molecule has 13 aromatic rings. The van der Waals surface area contributed by atoms with Gasteiger partial charge >= 0.3 is 0 Å². The van der Waals surface area contributed by atoms with Crippen molar-refractivity contribution in [3.8, 4) is 78.7 Å². The van der Waals surface area contributed by atoms with E-state index in [-0.39, 0.29) is 0 Å². The van der Waals surface area contributed by atoms with E-state index in [1.807, 2.05) is 12.1 Å². The van der Waals surface area contributed by atoms with Crippen LogP contribution in [0.4, 0.5) is 0 Å². The van der Waals surface area contributed by atoms with Crippen molar-refractivity contribution in [1.29, 1.82) is 0 Å². The molecule has 0 aliphatic heterocycles. The maximum atomic E-state index is 5.09. The molecular weight excluding hydrogens is 825 g/mol. The SMILES string of the molecule is c1ccc(-c2ccc(-c3ccc(-n4c5ccccc5c5ccc(-c6ccc7c(c6)c6ccccc6n7-c6ccc(-c7nc(-c8ccccc8)cc(-c8ccccc8)n7)cc6)cc54)cc3)cc2)cc1. The van der Waals surface area contributed by atoms with Crippen molar-refractivity contribution in [2.75, 3.05) is 0 Å². The summed E-state index contributed by atoms with van der Waals surface area (Å²) >= 11 is 0. The molecule has 0 saturated carbocycles. The number of nitrogens with zero attached hydrogens (tertiary/aromatic N) is 4. The zero-order chi connectivity index (χ0) is 45.0. The van der Waals surface area contributed by atoms with Gasteiger partial charge in [-0.2, -0.15) is 0 Å². The lowest BCUT2D eigenvalue weighted by Crippen LogP contribution is -1.97. The first-order chi connectivity index (χ1) is 33.7. The molecule has 0 N–H and O–H groups in total. The number of hydrogen-bond donors (Lipinski definition) is 0. The molecular formula is C64H42N4. The number of para-hydroxylation sites is 2. The number of hydrogen-bond acceptors (Lipinski definition) is 2. The van der Waals surface area contributed by atoms with Gasteiger partial charge in [0, 0.05) is 49.6 Å². The zero-order valence-corrected chi connectivity index (χ0v) is 37.0. The largest absolute Gasteiger partial charge is 0.309 e. The highest BCUT2D eigenvalue weighted by Crippen LogP contribution is 2.39. The molecule has 0 spiro atoms. The summed E-state index contributed by atoms with van der Waals surface area (Å²) in [4.78, 5) is 10.2. The first-order valence-electron chi connectivity index (χ1n) is 23.1. The molecule has 0 aliphatic carbocycles. The Balaban J connectivity index is 0.864. The van der Waals surface area contributed by atoms with Gasteiger partial charge in [-0.05, 0) is 106 Å². The van der Waals surface area contributed by atoms with E-state index in [4.69, 9.17) is 9.97 Å². The van der Waals surface area contributed by atoms with Crippen LogP contribution in [-0.2, 0) is 0 Å². The lowest BCUT2D eigenvalue weighted by Gasteiger charge is -2.12. The molecule has 0 unspecified atom stereocenters. The summed E-state index contributed by atoms with van der Waals surface area (Å²) in [5.74, 6) is 0.696. The minimum absolute atomic E-state index is 0.696. The van der Waals surface area contributed by atoms with E-state index >= 15 is 0 Å².